The third-order valence-electron chi connectivity index (χ3n) is 2.70. The Morgan fingerprint density at radius 3 is 2.74 bits per heavy atom. The summed E-state index contributed by atoms with van der Waals surface area (Å²) in [6, 6.07) is 0. The first-order valence-electron chi connectivity index (χ1n) is 5.91. The van der Waals surface area contributed by atoms with Gasteiger partial charge in [-0.05, 0) is 13.8 Å². The number of hydrogen-bond acceptors (Lipinski definition) is 5. The van der Waals surface area contributed by atoms with E-state index in [9.17, 15) is 14.9 Å². The molecule has 1 N–H and O–H groups in total. The Bertz CT molecular complexity index is 470. The van der Waals surface area contributed by atoms with Crippen LogP contribution in [0.2, 0.25) is 0 Å². The molecule has 0 spiro atoms. The maximum Gasteiger partial charge on any atom is 0.312 e. The second-order valence-corrected chi connectivity index (χ2v) is 4.09. The molecule has 1 aromatic rings. The average Bonchev–Trinajstić information content (AvgIpc) is 2.62. The van der Waals surface area contributed by atoms with Gasteiger partial charge >= 0.3 is 5.69 Å². The highest BCUT2D eigenvalue weighted by Crippen LogP contribution is 2.21. The van der Waals surface area contributed by atoms with Gasteiger partial charge in [0.2, 0.25) is 5.91 Å². The van der Waals surface area contributed by atoms with Gasteiger partial charge in [-0.15, -0.1) is 0 Å². The van der Waals surface area contributed by atoms with E-state index in [1.165, 1.54) is 4.68 Å². The molecule has 0 aliphatic heterocycles. The van der Waals surface area contributed by atoms with E-state index in [2.05, 4.69) is 10.4 Å². The molecule has 0 unspecified atom stereocenters. The molecular formula is C11H18N4O4. The molecule has 0 bridgehead atoms. The Hall–Kier alpha value is -1.96. The van der Waals surface area contributed by atoms with Gasteiger partial charge in [-0.2, -0.15) is 5.10 Å². The van der Waals surface area contributed by atoms with Gasteiger partial charge in [0.15, 0.2) is 0 Å². The molecule has 1 amide bonds. The zero-order valence-electron chi connectivity index (χ0n) is 11.3. The van der Waals surface area contributed by atoms with E-state index in [1.54, 1.807) is 21.0 Å². The summed E-state index contributed by atoms with van der Waals surface area (Å²) in [5.74, 6) is -0.132. The van der Waals surface area contributed by atoms with Gasteiger partial charge in [-0.3, -0.25) is 19.6 Å². The van der Waals surface area contributed by atoms with Crippen LogP contribution >= 0.6 is 0 Å². The maximum atomic E-state index is 11.5. The largest absolute Gasteiger partial charge is 0.383 e. The highest BCUT2D eigenvalue weighted by Gasteiger charge is 2.21. The maximum absolute atomic E-state index is 11.5. The van der Waals surface area contributed by atoms with Gasteiger partial charge in [-0.25, -0.2) is 0 Å². The summed E-state index contributed by atoms with van der Waals surface area (Å²) in [5.41, 5.74) is 0.842. The molecule has 0 aliphatic rings. The lowest BCUT2D eigenvalue weighted by Gasteiger charge is -2.05. The van der Waals surface area contributed by atoms with E-state index in [-0.39, 0.29) is 18.0 Å². The lowest BCUT2D eigenvalue weighted by Crippen LogP contribution is -2.27. The molecule has 19 heavy (non-hydrogen) atoms. The Morgan fingerprint density at radius 1 is 1.53 bits per heavy atom. The predicted molar refractivity (Wildman–Crippen MR) is 67.9 cm³/mol. The summed E-state index contributed by atoms with van der Waals surface area (Å²) in [6.45, 7) is 4.43. The fraction of sp³-hybridized carbons (Fsp3) is 0.636. The quantitative estimate of drug-likeness (QED) is 0.443. The van der Waals surface area contributed by atoms with Crippen LogP contribution in [0.25, 0.3) is 0 Å². The average molecular weight is 270 g/mol. The highest BCUT2D eigenvalue weighted by atomic mass is 16.6. The van der Waals surface area contributed by atoms with Gasteiger partial charge in [0.1, 0.15) is 11.4 Å². The molecule has 0 atom stereocenters. The normalized spacial score (nSPS) is 10.5. The Kier molecular flexibility index (Phi) is 5.43. The molecule has 0 saturated carbocycles. The number of hydrogen-bond donors (Lipinski definition) is 1. The first-order valence-corrected chi connectivity index (χ1v) is 5.91. The number of amides is 1. The van der Waals surface area contributed by atoms with Gasteiger partial charge < -0.3 is 10.1 Å². The zero-order valence-corrected chi connectivity index (χ0v) is 11.3. The fourth-order valence-electron chi connectivity index (χ4n) is 1.76. The molecule has 8 nitrogen and oxygen atoms in total. The molecule has 1 rings (SSSR count). The molecule has 0 fully saturated rings. The minimum atomic E-state index is -0.452. The molecule has 106 valence electrons. The van der Waals surface area contributed by atoms with Crippen molar-refractivity contribution in [1.82, 2.24) is 15.1 Å². The minimum Gasteiger partial charge on any atom is -0.383 e. The number of nitrogens with zero attached hydrogens (tertiary/aromatic N) is 3. The second-order valence-electron chi connectivity index (χ2n) is 4.09. The van der Waals surface area contributed by atoms with Crippen LogP contribution in [0.4, 0.5) is 5.69 Å². The number of ether oxygens (including phenoxy) is 1. The van der Waals surface area contributed by atoms with E-state index in [0.717, 1.165) is 0 Å². The van der Waals surface area contributed by atoms with Crippen molar-refractivity contribution in [3.8, 4) is 0 Å². The standard InChI is InChI=1S/C11H18N4O4/c1-8-11(15(17)18)9(2)14(13-8)6-4-10(16)12-5-7-19-3/h4-7H2,1-3H3,(H,12,16). The second kappa shape index (κ2) is 6.83. The topological polar surface area (TPSA) is 99.3 Å². The summed E-state index contributed by atoms with van der Waals surface area (Å²) < 4.78 is 6.30. The van der Waals surface area contributed by atoms with Crippen molar-refractivity contribution in [2.75, 3.05) is 20.3 Å². The van der Waals surface area contributed by atoms with Crippen molar-refractivity contribution in [1.29, 1.82) is 0 Å². The van der Waals surface area contributed by atoms with Gasteiger partial charge in [0.05, 0.1) is 18.1 Å². The van der Waals surface area contributed by atoms with Gasteiger partial charge in [0.25, 0.3) is 0 Å². The highest BCUT2D eigenvalue weighted by molar-refractivity contribution is 5.75. The van der Waals surface area contributed by atoms with Crippen LogP contribution in [-0.2, 0) is 16.1 Å². The number of rotatable bonds is 7. The summed E-state index contributed by atoms with van der Waals surface area (Å²) in [7, 11) is 1.56. The zero-order chi connectivity index (χ0) is 14.4. The number of carbonyl (C=O) groups is 1. The molecular weight excluding hydrogens is 252 g/mol. The van der Waals surface area contributed by atoms with Crippen molar-refractivity contribution in [3.63, 3.8) is 0 Å². The number of methoxy groups -OCH3 is 1. The van der Waals surface area contributed by atoms with E-state index in [0.29, 0.717) is 31.1 Å². The molecule has 8 heteroatoms. The number of aryl methyl sites for hydroxylation is 2. The summed E-state index contributed by atoms with van der Waals surface area (Å²) >= 11 is 0. The predicted octanol–water partition coefficient (Wildman–Crippen LogP) is 0.561. The van der Waals surface area contributed by atoms with Crippen LogP contribution < -0.4 is 5.32 Å². The van der Waals surface area contributed by atoms with Gasteiger partial charge in [0, 0.05) is 20.1 Å². The Balaban J connectivity index is 2.57. The molecule has 1 aromatic heterocycles. The lowest BCUT2D eigenvalue weighted by atomic mass is 10.3. The van der Waals surface area contributed by atoms with Crippen LogP contribution in [0, 0.1) is 24.0 Å². The van der Waals surface area contributed by atoms with E-state index in [1.807, 2.05) is 0 Å². The number of nitrogens with one attached hydrogen (secondary N) is 1. The Labute approximate surface area is 110 Å². The SMILES string of the molecule is COCCNC(=O)CCn1nc(C)c([N+](=O)[O-])c1C. The number of carbonyl (C=O) groups excluding carboxylic acids is 1. The fourth-order valence-corrected chi connectivity index (χ4v) is 1.76. The Morgan fingerprint density at radius 2 is 2.21 bits per heavy atom. The molecule has 0 aromatic carbocycles. The number of aromatic nitrogens is 2. The number of nitro groups is 1. The van der Waals surface area contributed by atoms with Crippen LogP contribution in [0.15, 0.2) is 0 Å². The van der Waals surface area contributed by atoms with Crippen molar-refractivity contribution >= 4 is 11.6 Å². The van der Waals surface area contributed by atoms with Crippen molar-refractivity contribution < 1.29 is 14.5 Å². The summed E-state index contributed by atoms with van der Waals surface area (Å²) in [5, 5.41) is 17.6. The molecule has 0 aliphatic carbocycles. The molecule has 0 saturated heterocycles. The van der Waals surface area contributed by atoms with Crippen LogP contribution in [-0.4, -0.2) is 40.9 Å². The van der Waals surface area contributed by atoms with Crippen LogP contribution in [0.3, 0.4) is 0 Å². The van der Waals surface area contributed by atoms with Crippen LogP contribution in [0.5, 0.6) is 0 Å². The van der Waals surface area contributed by atoms with Crippen molar-refractivity contribution in [2.24, 2.45) is 0 Å². The first-order chi connectivity index (χ1) is 8.97. The van der Waals surface area contributed by atoms with Gasteiger partial charge in [-0.1, -0.05) is 0 Å². The van der Waals surface area contributed by atoms with Crippen molar-refractivity contribution in [2.45, 2.75) is 26.8 Å². The minimum absolute atomic E-state index is 0.0137. The molecule has 0 radical (unpaired) electrons. The van der Waals surface area contributed by atoms with E-state index >= 15 is 0 Å². The summed E-state index contributed by atoms with van der Waals surface area (Å²) in [6.07, 6.45) is 0.225. The van der Waals surface area contributed by atoms with Crippen molar-refractivity contribution in [3.05, 3.63) is 21.5 Å². The molecule has 1 heterocycles. The summed E-state index contributed by atoms with van der Waals surface area (Å²) in [4.78, 5) is 21.9. The smallest absolute Gasteiger partial charge is 0.312 e. The first kappa shape index (κ1) is 15.1. The third-order valence-corrected chi connectivity index (χ3v) is 2.70. The van der Waals surface area contributed by atoms with Crippen LogP contribution in [0.1, 0.15) is 17.8 Å². The van der Waals surface area contributed by atoms with E-state index < -0.39 is 4.92 Å². The monoisotopic (exact) mass is 270 g/mol. The third kappa shape index (κ3) is 4.02. The van der Waals surface area contributed by atoms with E-state index in [4.69, 9.17) is 4.74 Å². The lowest BCUT2D eigenvalue weighted by molar-refractivity contribution is -0.386.